The molecule has 7 nitrogen and oxygen atoms in total. The van der Waals surface area contributed by atoms with Gasteiger partial charge in [0.1, 0.15) is 12.2 Å². The fourth-order valence-corrected chi connectivity index (χ4v) is 3.55. The van der Waals surface area contributed by atoms with E-state index in [1.165, 1.54) is 0 Å². The molecule has 1 aromatic rings. The Morgan fingerprint density at radius 2 is 2.17 bits per heavy atom. The highest BCUT2D eigenvalue weighted by Crippen LogP contribution is 2.29. The van der Waals surface area contributed by atoms with E-state index in [0.717, 1.165) is 4.88 Å². The van der Waals surface area contributed by atoms with Crippen molar-refractivity contribution in [1.29, 1.82) is 0 Å². The summed E-state index contributed by atoms with van der Waals surface area (Å²) in [5, 5.41) is 7.47. The first-order chi connectivity index (χ1) is 11.2. The fourth-order valence-electron chi connectivity index (χ4n) is 2.84. The molecule has 1 aromatic heterocycles. The number of thiophene rings is 1. The highest BCUT2D eigenvalue weighted by Gasteiger charge is 2.49. The highest BCUT2D eigenvalue weighted by atomic mass is 32.1. The summed E-state index contributed by atoms with van der Waals surface area (Å²) < 4.78 is 16.6. The lowest BCUT2D eigenvalue weighted by Gasteiger charge is -2.17. The number of carbonyl (C=O) groups excluding carboxylic acids is 2. The molecule has 0 aliphatic carbocycles. The van der Waals surface area contributed by atoms with Gasteiger partial charge in [0, 0.05) is 11.4 Å². The molecule has 3 rings (SSSR count). The van der Waals surface area contributed by atoms with Crippen LogP contribution in [0.2, 0.25) is 0 Å². The molecule has 2 aliphatic rings. The van der Waals surface area contributed by atoms with Crippen LogP contribution in [0.5, 0.6) is 0 Å². The SMILES string of the molecule is CCNC(=O)O[C@H]1CO[C@@H]2[C@@H]1OC[C@@H]2NC(=O)Cc1cccs1. The van der Waals surface area contributed by atoms with Gasteiger partial charge in [-0.1, -0.05) is 6.07 Å². The molecule has 0 radical (unpaired) electrons. The fraction of sp³-hybridized carbons (Fsp3) is 0.600. The molecule has 0 unspecified atom stereocenters. The van der Waals surface area contributed by atoms with Gasteiger partial charge >= 0.3 is 6.09 Å². The van der Waals surface area contributed by atoms with E-state index >= 15 is 0 Å². The lowest BCUT2D eigenvalue weighted by Crippen LogP contribution is -2.45. The number of amides is 2. The monoisotopic (exact) mass is 340 g/mol. The first-order valence-electron chi connectivity index (χ1n) is 7.66. The molecule has 2 N–H and O–H groups in total. The van der Waals surface area contributed by atoms with Crippen LogP contribution in [0.25, 0.3) is 0 Å². The van der Waals surface area contributed by atoms with Crippen LogP contribution < -0.4 is 10.6 Å². The molecular weight excluding hydrogens is 320 g/mol. The number of fused-ring (bicyclic) bond motifs is 1. The third kappa shape index (κ3) is 3.82. The Morgan fingerprint density at radius 1 is 1.35 bits per heavy atom. The van der Waals surface area contributed by atoms with Gasteiger partial charge in [-0.15, -0.1) is 11.3 Å². The molecule has 4 atom stereocenters. The van der Waals surface area contributed by atoms with Crippen molar-refractivity contribution in [1.82, 2.24) is 10.6 Å². The van der Waals surface area contributed by atoms with Gasteiger partial charge in [-0.25, -0.2) is 4.79 Å². The minimum absolute atomic E-state index is 0.0570. The molecule has 0 spiro atoms. The molecule has 2 saturated heterocycles. The van der Waals surface area contributed by atoms with E-state index in [-0.39, 0.29) is 30.8 Å². The van der Waals surface area contributed by atoms with Crippen molar-refractivity contribution in [2.75, 3.05) is 19.8 Å². The normalized spacial score (nSPS) is 29.1. The van der Waals surface area contributed by atoms with Gasteiger partial charge in [0.25, 0.3) is 0 Å². The maximum absolute atomic E-state index is 12.1. The number of nitrogens with one attached hydrogen (secondary N) is 2. The Morgan fingerprint density at radius 3 is 2.91 bits per heavy atom. The molecule has 126 valence electrons. The Bertz CT molecular complexity index is 550. The average molecular weight is 340 g/mol. The number of hydrogen-bond donors (Lipinski definition) is 2. The summed E-state index contributed by atoms with van der Waals surface area (Å²) >= 11 is 1.55. The number of hydrogen-bond acceptors (Lipinski definition) is 6. The zero-order chi connectivity index (χ0) is 16.2. The number of alkyl carbamates (subject to hydrolysis) is 1. The Kier molecular flexibility index (Phi) is 5.14. The summed E-state index contributed by atoms with van der Waals surface area (Å²) in [6.07, 6.45) is -1.17. The summed E-state index contributed by atoms with van der Waals surface area (Å²) in [5.41, 5.74) is 0. The first kappa shape index (κ1) is 16.2. The van der Waals surface area contributed by atoms with E-state index in [0.29, 0.717) is 19.6 Å². The van der Waals surface area contributed by atoms with Crippen LogP contribution in [0, 0.1) is 0 Å². The third-order valence-electron chi connectivity index (χ3n) is 3.85. The smallest absolute Gasteiger partial charge is 0.407 e. The molecule has 2 amide bonds. The van der Waals surface area contributed by atoms with Crippen LogP contribution in [0.15, 0.2) is 17.5 Å². The van der Waals surface area contributed by atoms with Gasteiger partial charge in [0.05, 0.1) is 25.7 Å². The summed E-state index contributed by atoms with van der Waals surface area (Å²) in [4.78, 5) is 24.6. The first-order valence-corrected chi connectivity index (χ1v) is 8.54. The van der Waals surface area contributed by atoms with Gasteiger partial charge < -0.3 is 24.8 Å². The topological polar surface area (TPSA) is 85.9 Å². The van der Waals surface area contributed by atoms with E-state index in [4.69, 9.17) is 14.2 Å². The third-order valence-corrected chi connectivity index (χ3v) is 4.73. The quantitative estimate of drug-likeness (QED) is 0.824. The van der Waals surface area contributed by atoms with Crippen LogP contribution in [0.3, 0.4) is 0 Å². The van der Waals surface area contributed by atoms with Crippen molar-refractivity contribution >= 4 is 23.3 Å². The van der Waals surface area contributed by atoms with Crippen LogP contribution in [0.4, 0.5) is 4.79 Å². The molecule has 2 aliphatic heterocycles. The second-order valence-corrected chi connectivity index (χ2v) is 6.53. The highest BCUT2D eigenvalue weighted by molar-refractivity contribution is 7.10. The summed E-state index contributed by atoms with van der Waals surface area (Å²) in [6, 6.07) is 3.64. The molecule has 0 aromatic carbocycles. The maximum Gasteiger partial charge on any atom is 0.407 e. The van der Waals surface area contributed by atoms with Gasteiger partial charge in [-0.3, -0.25) is 4.79 Å². The predicted molar refractivity (Wildman–Crippen MR) is 83.4 cm³/mol. The zero-order valence-electron chi connectivity index (χ0n) is 12.8. The second-order valence-electron chi connectivity index (χ2n) is 5.50. The average Bonchev–Trinajstić information content (AvgIpc) is 3.20. The number of rotatable bonds is 5. The van der Waals surface area contributed by atoms with E-state index in [1.54, 1.807) is 11.3 Å². The van der Waals surface area contributed by atoms with E-state index in [2.05, 4.69) is 10.6 Å². The Balaban J connectivity index is 1.50. The van der Waals surface area contributed by atoms with Crippen molar-refractivity contribution in [2.24, 2.45) is 0 Å². The second kappa shape index (κ2) is 7.29. The zero-order valence-corrected chi connectivity index (χ0v) is 13.6. The van der Waals surface area contributed by atoms with Crippen molar-refractivity contribution < 1.29 is 23.8 Å². The lowest BCUT2D eigenvalue weighted by molar-refractivity contribution is -0.121. The van der Waals surface area contributed by atoms with Gasteiger partial charge in [-0.2, -0.15) is 0 Å². The molecule has 3 heterocycles. The minimum Gasteiger partial charge on any atom is -0.441 e. The number of carbonyl (C=O) groups is 2. The molecule has 8 heteroatoms. The summed E-state index contributed by atoms with van der Waals surface area (Å²) in [7, 11) is 0. The van der Waals surface area contributed by atoms with Gasteiger partial charge in [0.2, 0.25) is 5.91 Å². The van der Waals surface area contributed by atoms with Gasteiger partial charge in [-0.05, 0) is 18.4 Å². The van der Waals surface area contributed by atoms with Gasteiger partial charge in [0.15, 0.2) is 6.10 Å². The predicted octanol–water partition coefficient (Wildman–Crippen LogP) is 0.688. The minimum atomic E-state index is -0.476. The van der Waals surface area contributed by atoms with Crippen molar-refractivity contribution in [2.45, 2.75) is 37.7 Å². The Labute approximate surface area is 138 Å². The van der Waals surface area contributed by atoms with Crippen LogP contribution in [0.1, 0.15) is 11.8 Å². The standard InChI is InChI=1S/C15H20N2O5S/c1-2-16-15(19)22-11-8-21-13-10(7-20-14(11)13)17-12(18)6-9-4-3-5-23-9/h3-5,10-11,13-14H,2,6-8H2,1H3,(H,16,19)(H,17,18)/t10-,11-,13-,14+/m0/s1. The molecular formula is C15H20N2O5S. The van der Waals surface area contributed by atoms with E-state index < -0.39 is 12.2 Å². The summed E-state index contributed by atoms with van der Waals surface area (Å²) in [6.45, 7) is 2.97. The number of ether oxygens (including phenoxy) is 3. The molecule has 0 saturated carbocycles. The van der Waals surface area contributed by atoms with E-state index in [1.807, 2.05) is 24.4 Å². The van der Waals surface area contributed by atoms with Crippen LogP contribution in [-0.4, -0.2) is 56.1 Å². The summed E-state index contributed by atoms with van der Waals surface area (Å²) in [5.74, 6) is -0.0570. The largest absolute Gasteiger partial charge is 0.441 e. The lowest BCUT2D eigenvalue weighted by atomic mass is 10.1. The van der Waals surface area contributed by atoms with Crippen molar-refractivity contribution in [3.05, 3.63) is 22.4 Å². The molecule has 2 fully saturated rings. The van der Waals surface area contributed by atoms with E-state index in [9.17, 15) is 9.59 Å². The van der Waals surface area contributed by atoms with Crippen molar-refractivity contribution in [3.8, 4) is 0 Å². The van der Waals surface area contributed by atoms with Crippen LogP contribution in [-0.2, 0) is 25.4 Å². The van der Waals surface area contributed by atoms with Crippen LogP contribution >= 0.6 is 11.3 Å². The molecule has 0 bridgehead atoms. The molecule has 23 heavy (non-hydrogen) atoms. The Hall–Kier alpha value is -1.64. The van der Waals surface area contributed by atoms with Crippen molar-refractivity contribution in [3.63, 3.8) is 0 Å². The maximum atomic E-state index is 12.1.